The van der Waals surface area contributed by atoms with Crippen LogP contribution in [0.1, 0.15) is 41.1 Å². The standard InChI is InChI=1S/C18H15NO2/c1-2-14(20)17-16-10-6-3-4-7-11(10)18(21)12-8-5-9-13(19-17)15(12)16/h3-9,14,19-20H,2H2,1H3. The van der Waals surface area contributed by atoms with Crippen LogP contribution in [0.2, 0.25) is 0 Å². The van der Waals surface area contributed by atoms with Gasteiger partial charge in [-0.25, -0.2) is 0 Å². The van der Waals surface area contributed by atoms with Gasteiger partial charge in [0.2, 0.25) is 0 Å². The minimum absolute atomic E-state index is 0.0558. The van der Waals surface area contributed by atoms with Crippen molar-refractivity contribution in [2.45, 2.75) is 19.4 Å². The highest BCUT2D eigenvalue weighted by atomic mass is 16.3. The maximum atomic E-state index is 12.7. The highest BCUT2D eigenvalue weighted by Gasteiger charge is 2.29. The number of rotatable bonds is 2. The van der Waals surface area contributed by atoms with Crippen molar-refractivity contribution in [3.63, 3.8) is 0 Å². The second-order valence-electron chi connectivity index (χ2n) is 5.44. The molecule has 4 rings (SSSR count). The lowest BCUT2D eigenvalue weighted by molar-refractivity contribution is 0.104. The number of fused-ring (bicyclic) bond motifs is 2. The van der Waals surface area contributed by atoms with Gasteiger partial charge in [0.05, 0.1) is 11.8 Å². The molecule has 3 aromatic rings. The third-order valence-corrected chi connectivity index (χ3v) is 4.26. The Morgan fingerprint density at radius 1 is 1.05 bits per heavy atom. The van der Waals surface area contributed by atoms with Gasteiger partial charge in [-0.3, -0.25) is 4.79 Å². The SMILES string of the molecule is CCC(O)c1[nH]c2cccc3c2c1-c1ccccc1C3=O. The number of carbonyl (C=O) groups excluding carboxylic acids is 1. The highest BCUT2D eigenvalue weighted by Crippen LogP contribution is 2.43. The summed E-state index contributed by atoms with van der Waals surface area (Å²) < 4.78 is 0. The van der Waals surface area contributed by atoms with Crippen molar-refractivity contribution in [1.82, 2.24) is 4.98 Å². The minimum atomic E-state index is -0.554. The normalized spacial score (nSPS) is 14.3. The molecule has 0 radical (unpaired) electrons. The summed E-state index contributed by atoms with van der Waals surface area (Å²) in [6, 6.07) is 13.3. The maximum absolute atomic E-state index is 12.7. The van der Waals surface area contributed by atoms with Crippen LogP contribution in [0.15, 0.2) is 42.5 Å². The van der Waals surface area contributed by atoms with Crippen LogP contribution in [0.3, 0.4) is 0 Å². The molecule has 1 aliphatic carbocycles. The molecule has 2 aromatic carbocycles. The zero-order valence-corrected chi connectivity index (χ0v) is 11.7. The van der Waals surface area contributed by atoms with Crippen molar-refractivity contribution in [3.05, 3.63) is 59.3 Å². The van der Waals surface area contributed by atoms with E-state index in [9.17, 15) is 9.90 Å². The number of H-pyrrole nitrogens is 1. The fourth-order valence-electron chi connectivity index (χ4n) is 3.24. The molecule has 1 atom stereocenters. The van der Waals surface area contributed by atoms with Crippen molar-refractivity contribution < 1.29 is 9.90 Å². The van der Waals surface area contributed by atoms with E-state index >= 15 is 0 Å². The Bertz CT molecular complexity index is 876. The molecule has 1 unspecified atom stereocenters. The van der Waals surface area contributed by atoms with Crippen LogP contribution >= 0.6 is 0 Å². The zero-order valence-electron chi connectivity index (χ0n) is 11.7. The summed E-state index contributed by atoms with van der Waals surface area (Å²) in [6.45, 7) is 1.95. The van der Waals surface area contributed by atoms with E-state index in [-0.39, 0.29) is 5.78 Å². The number of hydrogen-bond acceptors (Lipinski definition) is 2. The largest absolute Gasteiger partial charge is 0.387 e. The number of aromatic nitrogens is 1. The predicted octanol–water partition coefficient (Wildman–Crippen LogP) is 3.82. The van der Waals surface area contributed by atoms with Crippen LogP contribution in [0.5, 0.6) is 0 Å². The lowest BCUT2D eigenvalue weighted by Gasteiger charge is -2.18. The number of aliphatic hydroxyl groups excluding tert-OH is 1. The third kappa shape index (κ3) is 1.55. The third-order valence-electron chi connectivity index (χ3n) is 4.26. The lowest BCUT2D eigenvalue weighted by Crippen LogP contribution is -2.09. The summed E-state index contributed by atoms with van der Waals surface area (Å²) in [4.78, 5) is 16.0. The van der Waals surface area contributed by atoms with E-state index < -0.39 is 6.10 Å². The number of aliphatic hydroxyl groups is 1. The van der Waals surface area contributed by atoms with E-state index in [2.05, 4.69) is 4.98 Å². The lowest BCUT2D eigenvalue weighted by atomic mass is 9.84. The van der Waals surface area contributed by atoms with E-state index in [1.54, 1.807) is 0 Å². The van der Waals surface area contributed by atoms with Gasteiger partial charge in [-0.2, -0.15) is 0 Å². The number of aromatic amines is 1. The van der Waals surface area contributed by atoms with Gasteiger partial charge in [-0.1, -0.05) is 43.3 Å². The Morgan fingerprint density at radius 2 is 1.76 bits per heavy atom. The Labute approximate surface area is 122 Å². The number of carbonyl (C=O) groups is 1. The summed E-state index contributed by atoms with van der Waals surface area (Å²) in [7, 11) is 0. The molecule has 0 amide bonds. The van der Waals surface area contributed by atoms with Crippen molar-refractivity contribution in [1.29, 1.82) is 0 Å². The molecule has 0 spiro atoms. The topological polar surface area (TPSA) is 53.1 Å². The molecule has 3 heteroatoms. The van der Waals surface area contributed by atoms with Gasteiger partial charge in [-0.15, -0.1) is 0 Å². The first-order chi connectivity index (χ1) is 10.2. The molecule has 3 nitrogen and oxygen atoms in total. The fourth-order valence-corrected chi connectivity index (χ4v) is 3.24. The summed E-state index contributed by atoms with van der Waals surface area (Å²) in [6.07, 6.45) is 0.0761. The summed E-state index contributed by atoms with van der Waals surface area (Å²) in [5.74, 6) is 0.0558. The van der Waals surface area contributed by atoms with Crippen molar-refractivity contribution >= 4 is 16.7 Å². The van der Waals surface area contributed by atoms with Crippen LogP contribution in [0.4, 0.5) is 0 Å². The molecular formula is C18H15NO2. The van der Waals surface area contributed by atoms with Crippen LogP contribution in [-0.4, -0.2) is 15.9 Å². The van der Waals surface area contributed by atoms with Gasteiger partial charge in [-0.05, 0) is 18.1 Å². The first-order valence-corrected chi connectivity index (χ1v) is 7.19. The van der Waals surface area contributed by atoms with Crippen LogP contribution in [0, 0.1) is 0 Å². The smallest absolute Gasteiger partial charge is 0.194 e. The molecule has 0 saturated heterocycles. The predicted molar refractivity (Wildman–Crippen MR) is 82.4 cm³/mol. The minimum Gasteiger partial charge on any atom is -0.387 e. The summed E-state index contributed by atoms with van der Waals surface area (Å²) >= 11 is 0. The highest BCUT2D eigenvalue weighted by molar-refractivity contribution is 6.26. The summed E-state index contributed by atoms with van der Waals surface area (Å²) in [5.41, 5.74) is 5.03. The molecule has 2 N–H and O–H groups in total. The van der Waals surface area contributed by atoms with Gasteiger partial charge >= 0.3 is 0 Å². The van der Waals surface area contributed by atoms with Crippen molar-refractivity contribution in [2.75, 3.05) is 0 Å². The molecule has 1 aliphatic rings. The number of ketones is 1. The quantitative estimate of drug-likeness (QED) is 0.585. The Kier molecular flexibility index (Phi) is 2.53. The second-order valence-corrected chi connectivity index (χ2v) is 5.44. The van der Waals surface area contributed by atoms with Crippen LogP contribution in [0.25, 0.3) is 22.0 Å². The van der Waals surface area contributed by atoms with E-state index in [4.69, 9.17) is 0 Å². The van der Waals surface area contributed by atoms with Gasteiger partial charge in [0.25, 0.3) is 0 Å². The average molecular weight is 277 g/mol. The van der Waals surface area contributed by atoms with E-state index in [1.807, 2.05) is 49.4 Å². The first kappa shape index (κ1) is 12.4. The molecule has 0 aliphatic heterocycles. The maximum Gasteiger partial charge on any atom is 0.194 e. The molecular weight excluding hydrogens is 262 g/mol. The van der Waals surface area contributed by atoms with Gasteiger partial charge < -0.3 is 10.1 Å². The number of hydrogen-bond donors (Lipinski definition) is 2. The Hall–Kier alpha value is -2.39. The molecule has 104 valence electrons. The number of nitrogens with one attached hydrogen (secondary N) is 1. The van der Waals surface area contributed by atoms with E-state index in [0.29, 0.717) is 17.5 Å². The van der Waals surface area contributed by atoms with E-state index in [1.165, 1.54) is 0 Å². The molecule has 1 aromatic heterocycles. The van der Waals surface area contributed by atoms with Gasteiger partial charge in [0.1, 0.15) is 0 Å². The first-order valence-electron chi connectivity index (χ1n) is 7.19. The Morgan fingerprint density at radius 3 is 2.52 bits per heavy atom. The van der Waals surface area contributed by atoms with E-state index in [0.717, 1.165) is 27.7 Å². The van der Waals surface area contributed by atoms with Gasteiger partial charge in [0, 0.05) is 27.6 Å². The fraction of sp³-hybridized carbons (Fsp3) is 0.167. The Balaban J connectivity index is 2.19. The zero-order chi connectivity index (χ0) is 14.6. The van der Waals surface area contributed by atoms with Crippen LogP contribution in [-0.2, 0) is 0 Å². The molecule has 0 bridgehead atoms. The van der Waals surface area contributed by atoms with Crippen molar-refractivity contribution in [2.24, 2.45) is 0 Å². The molecule has 1 heterocycles. The average Bonchev–Trinajstić information content (AvgIpc) is 2.92. The van der Waals surface area contributed by atoms with Gasteiger partial charge in [0.15, 0.2) is 5.78 Å². The number of benzene rings is 2. The molecule has 21 heavy (non-hydrogen) atoms. The van der Waals surface area contributed by atoms with Crippen molar-refractivity contribution in [3.8, 4) is 11.1 Å². The summed E-state index contributed by atoms with van der Waals surface area (Å²) in [5, 5.41) is 11.3. The van der Waals surface area contributed by atoms with Crippen LogP contribution < -0.4 is 0 Å². The monoisotopic (exact) mass is 277 g/mol. The molecule has 0 saturated carbocycles. The molecule has 0 fully saturated rings. The second kappa shape index (κ2) is 4.30.